The van der Waals surface area contributed by atoms with Crippen molar-refractivity contribution in [2.24, 2.45) is 0 Å². The minimum Gasteiger partial charge on any atom is -0.462 e. The first kappa shape index (κ1) is 20.7. The zero-order valence-corrected chi connectivity index (χ0v) is 15.4. The number of rotatable bonds is 7. The minimum atomic E-state index is -3.83. The van der Waals surface area contributed by atoms with Gasteiger partial charge in [0.2, 0.25) is 6.29 Å². The van der Waals surface area contributed by atoms with Gasteiger partial charge in [-0.1, -0.05) is 12.1 Å². The van der Waals surface area contributed by atoms with Crippen LogP contribution in [-0.2, 0) is 25.2 Å². The Hall–Kier alpha value is -1.07. The van der Waals surface area contributed by atoms with E-state index in [9.17, 15) is 29.9 Å². The van der Waals surface area contributed by atoms with Gasteiger partial charge in [-0.3, -0.25) is 4.57 Å². The summed E-state index contributed by atoms with van der Waals surface area (Å²) in [7, 11) is -3.83. The SMILES string of the molecule is C[C@H]1O[C@H]1P(=O)(O)OCc1ccc(O[C@@H]2O[C@H](CO)C(O)[C@@H](O)[C@H]2O)cc1. The molecule has 2 aliphatic heterocycles. The number of aliphatic hydroxyl groups excluding tert-OH is 4. The van der Waals surface area contributed by atoms with Crippen molar-refractivity contribution in [3.63, 3.8) is 0 Å². The van der Waals surface area contributed by atoms with Gasteiger partial charge in [0.1, 0.15) is 30.2 Å². The van der Waals surface area contributed by atoms with E-state index in [2.05, 4.69) is 0 Å². The Morgan fingerprint density at radius 3 is 2.26 bits per heavy atom. The Balaban J connectivity index is 1.56. The molecule has 0 amide bonds. The maximum Gasteiger partial charge on any atom is 0.359 e. The van der Waals surface area contributed by atoms with Crippen LogP contribution in [0.25, 0.3) is 0 Å². The van der Waals surface area contributed by atoms with Crippen molar-refractivity contribution in [3.8, 4) is 5.75 Å². The molecule has 0 aliphatic carbocycles. The van der Waals surface area contributed by atoms with Crippen LogP contribution in [0, 0.1) is 0 Å². The van der Waals surface area contributed by atoms with E-state index in [1.807, 2.05) is 0 Å². The Morgan fingerprint density at radius 2 is 1.70 bits per heavy atom. The highest BCUT2D eigenvalue weighted by Gasteiger charge is 2.50. The van der Waals surface area contributed by atoms with Crippen LogP contribution in [-0.4, -0.2) is 74.6 Å². The Labute approximate surface area is 155 Å². The molecular formula is C16H23O10P. The summed E-state index contributed by atoms with van der Waals surface area (Å²) in [5.74, 6) is -0.499. The number of epoxide rings is 1. The van der Waals surface area contributed by atoms with Crippen molar-refractivity contribution < 1.29 is 48.6 Å². The topological polar surface area (TPSA) is 158 Å². The molecule has 10 nitrogen and oxygen atoms in total. The van der Waals surface area contributed by atoms with E-state index < -0.39 is 50.8 Å². The highest BCUT2D eigenvalue weighted by Crippen LogP contribution is 2.57. The fourth-order valence-electron chi connectivity index (χ4n) is 2.72. The molecular weight excluding hydrogens is 383 g/mol. The molecule has 1 aromatic rings. The summed E-state index contributed by atoms with van der Waals surface area (Å²) >= 11 is 0. The maximum absolute atomic E-state index is 11.9. The lowest BCUT2D eigenvalue weighted by molar-refractivity contribution is -0.277. The van der Waals surface area contributed by atoms with Crippen LogP contribution in [0.1, 0.15) is 12.5 Å². The van der Waals surface area contributed by atoms with Gasteiger partial charge in [0.05, 0.1) is 19.3 Å². The minimum absolute atomic E-state index is 0.0965. The largest absolute Gasteiger partial charge is 0.462 e. The first-order chi connectivity index (χ1) is 12.7. The van der Waals surface area contributed by atoms with E-state index in [0.717, 1.165) is 0 Å². The molecule has 0 radical (unpaired) electrons. The first-order valence-corrected chi connectivity index (χ1v) is 10.1. The second kappa shape index (κ2) is 8.12. The summed E-state index contributed by atoms with van der Waals surface area (Å²) in [6.45, 7) is 1.04. The molecule has 8 atom stereocenters. The molecule has 2 heterocycles. The normalized spacial score (nSPS) is 38.2. The number of ether oxygens (including phenoxy) is 3. The van der Waals surface area contributed by atoms with Gasteiger partial charge in [0.25, 0.3) is 0 Å². The number of hydrogen-bond acceptors (Lipinski definition) is 9. The van der Waals surface area contributed by atoms with Crippen LogP contribution < -0.4 is 4.74 Å². The van der Waals surface area contributed by atoms with Crippen LogP contribution in [0.2, 0.25) is 0 Å². The van der Waals surface area contributed by atoms with Crippen LogP contribution in [0.15, 0.2) is 24.3 Å². The van der Waals surface area contributed by atoms with Gasteiger partial charge in [-0.25, -0.2) is 0 Å². The molecule has 0 bridgehead atoms. The summed E-state index contributed by atoms with van der Waals surface area (Å²) in [5, 5.41) is 38.6. The Bertz CT molecular complexity index is 680. The predicted octanol–water partition coefficient (Wildman–Crippen LogP) is -0.688. The van der Waals surface area contributed by atoms with Crippen LogP contribution >= 0.6 is 7.60 Å². The second-order valence-electron chi connectivity index (χ2n) is 6.53. The summed E-state index contributed by atoms with van der Waals surface area (Å²) < 4.78 is 32.7. The summed E-state index contributed by atoms with van der Waals surface area (Å²) in [4.78, 5) is 9.76. The fraction of sp³-hybridized carbons (Fsp3) is 0.625. The van der Waals surface area contributed by atoms with Crippen LogP contribution in [0.5, 0.6) is 5.75 Å². The van der Waals surface area contributed by atoms with Gasteiger partial charge < -0.3 is 44.1 Å². The summed E-state index contributed by atoms with van der Waals surface area (Å²) in [6.07, 6.45) is -7.14. The fourth-order valence-corrected chi connectivity index (χ4v) is 4.08. The molecule has 27 heavy (non-hydrogen) atoms. The Morgan fingerprint density at radius 1 is 1.07 bits per heavy atom. The van der Waals surface area contributed by atoms with Gasteiger partial charge in [-0.2, -0.15) is 0 Å². The maximum atomic E-state index is 11.9. The number of aliphatic hydroxyl groups is 4. The van der Waals surface area contributed by atoms with Gasteiger partial charge in [0.15, 0.2) is 5.85 Å². The van der Waals surface area contributed by atoms with Crippen molar-refractivity contribution >= 4 is 7.60 Å². The van der Waals surface area contributed by atoms with E-state index in [1.54, 1.807) is 19.1 Å². The van der Waals surface area contributed by atoms with E-state index in [4.69, 9.17) is 18.7 Å². The molecule has 0 spiro atoms. The van der Waals surface area contributed by atoms with Crippen molar-refractivity contribution in [1.29, 1.82) is 0 Å². The summed E-state index contributed by atoms with van der Waals surface area (Å²) in [5.41, 5.74) is 0.610. The third-order valence-electron chi connectivity index (χ3n) is 4.44. The van der Waals surface area contributed by atoms with Crippen LogP contribution in [0.4, 0.5) is 0 Å². The smallest absolute Gasteiger partial charge is 0.359 e. The average Bonchev–Trinajstić information content (AvgIpc) is 3.39. The lowest BCUT2D eigenvalue weighted by atomic mass is 9.99. The van der Waals surface area contributed by atoms with Crippen LogP contribution in [0.3, 0.4) is 0 Å². The van der Waals surface area contributed by atoms with E-state index >= 15 is 0 Å². The first-order valence-electron chi connectivity index (χ1n) is 8.41. The van der Waals surface area contributed by atoms with E-state index in [-0.39, 0.29) is 18.5 Å². The Kier molecular flexibility index (Phi) is 6.21. The van der Waals surface area contributed by atoms with Crippen molar-refractivity contribution in [2.75, 3.05) is 6.61 Å². The predicted molar refractivity (Wildman–Crippen MR) is 89.8 cm³/mol. The molecule has 2 fully saturated rings. The van der Waals surface area contributed by atoms with Crippen molar-refractivity contribution in [3.05, 3.63) is 29.8 Å². The molecule has 2 unspecified atom stereocenters. The molecule has 5 N–H and O–H groups in total. The molecule has 11 heteroatoms. The third kappa shape index (κ3) is 4.68. The number of benzene rings is 1. The zero-order valence-electron chi connectivity index (χ0n) is 14.5. The van der Waals surface area contributed by atoms with Gasteiger partial charge in [-0.15, -0.1) is 0 Å². The van der Waals surface area contributed by atoms with E-state index in [0.29, 0.717) is 5.56 Å². The molecule has 0 saturated carbocycles. The molecule has 3 rings (SSSR count). The average molecular weight is 406 g/mol. The van der Waals surface area contributed by atoms with E-state index in [1.165, 1.54) is 12.1 Å². The summed E-state index contributed by atoms with van der Waals surface area (Å²) in [6, 6.07) is 6.24. The number of hydrogen-bond donors (Lipinski definition) is 5. The second-order valence-corrected chi connectivity index (χ2v) is 8.42. The van der Waals surface area contributed by atoms with Gasteiger partial charge >= 0.3 is 7.60 Å². The van der Waals surface area contributed by atoms with Gasteiger partial charge in [0, 0.05) is 0 Å². The standard InChI is InChI=1S/C16H23O10P/c1-8-16(24-8)27(21,22)23-7-9-2-4-10(5-3-9)25-15-14(20)13(19)12(18)11(6-17)26-15/h2-5,8,11-20H,6-7H2,1H3,(H,21,22)/t8-,11-,12?,13-,14-,15-,16+/m1/s1. The zero-order chi connectivity index (χ0) is 19.8. The highest BCUT2D eigenvalue weighted by atomic mass is 31.2. The molecule has 0 aromatic heterocycles. The quantitative estimate of drug-likeness (QED) is 0.290. The van der Waals surface area contributed by atoms with Crippen molar-refractivity contribution in [1.82, 2.24) is 0 Å². The lowest BCUT2D eigenvalue weighted by Crippen LogP contribution is -2.60. The van der Waals surface area contributed by atoms with Gasteiger partial charge in [-0.05, 0) is 24.6 Å². The lowest BCUT2D eigenvalue weighted by Gasteiger charge is -2.39. The molecule has 152 valence electrons. The highest BCUT2D eigenvalue weighted by molar-refractivity contribution is 7.53. The molecule has 2 aliphatic rings. The molecule has 2 saturated heterocycles. The van der Waals surface area contributed by atoms with Crippen molar-refractivity contribution in [2.45, 2.75) is 56.2 Å². The molecule has 1 aromatic carbocycles. The third-order valence-corrected chi connectivity index (χ3v) is 6.12. The monoisotopic (exact) mass is 406 g/mol.